The monoisotopic (exact) mass is 426 g/mol. The highest BCUT2D eigenvalue weighted by atomic mass is 32.2. The maximum Gasteiger partial charge on any atom is 0.251 e. The van der Waals surface area contributed by atoms with Gasteiger partial charge in [0, 0.05) is 35.2 Å². The summed E-state index contributed by atoms with van der Waals surface area (Å²) in [5.74, 6) is 0.621. The van der Waals surface area contributed by atoms with E-state index in [1.165, 1.54) is 0 Å². The number of carbonyl (C=O) groups excluding carboxylic acids is 1. The molecule has 0 bridgehead atoms. The molecule has 1 amide bonds. The van der Waals surface area contributed by atoms with E-state index < -0.39 is 0 Å². The van der Waals surface area contributed by atoms with Crippen molar-refractivity contribution in [2.24, 2.45) is 0 Å². The standard InChI is InChI=1S/C23H30N4O2S/c1-3-26(4-2)14-12-19(16-28)25-23(29)18-8-10-21(11-9-18)30-17-20-15-27-13-6-5-7-22(27)24-20/h5-11,13,15,19,28H,3-4,12,14,16-17H2,1-2H3,(H,25,29). The Morgan fingerprint density at radius 3 is 2.63 bits per heavy atom. The van der Waals surface area contributed by atoms with Gasteiger partial charge in [0.15, 0.2) is 0 Å². The molecule has 0 fully saturated rings. The van der Waals surface area contributed by atoms with Crippen molar-refractivity contribution >= 4 is 23.3 Å². The minimum absolute atomic E-state index is 0.0556. The number of carbonyl (C=O) groups is 1. The van der Waals surface area contributed by atoms with Crippen LogP contribution in [0.5, 0.6) is 0 Å². The van der Waals surface area contributed by atoms with Gasteiger partial charge < -0.3 is 19.7 Å². The molecular weight excluding hydrogens is 396 g/mol. The van der Waals surface area contributed by atoms with E-state index in [2.05, 4.69) is 29.0 Å². The van der Waals surface area contributed by atoms with Gasteiger partial charge in [-0.2, -0.15) is 0 Å². The van der Waals surface area contributed by atoms with Crippen LogP contribution in [0.3, 0.4) is 0 Å². The number of rotatable bonds is 11. The zero-order valence-electron chi connectivity index (χ0n) is 17.6. The minimum atomic E-state index is -0.234. The summed E-state index contributed by atoms with van der Waals surface area (Å²) in [5.41, 5.74) is 2.57. The van der Waals surface area contributed by atoms with Gasteiger partial charge in [0.05, 0.1) is 18.3 Å². The Morgan fingerprint density at radius 1 is 1.20 bits per heavy atom. The number of nitrogens with one attached hydrogen (secondary N) is 1. The van der Waals surface area contributed by atoms with Crippen molar-refractivity contribution in [1.82, 2.24) is 19.6 Å². The number of hydrogen-bond acceptors (Lipinski definition) is 5. The number of aromatic nitrogens is 2. The first-order valence-corrected chi connectivity index (χ1v) is 11.4. The molecule has 30 heavy (non-hydrogen) atoms. The average molecular weight is 427 g/mol. The van der Waals surface area contributed by atoms with Gasteiger partial charge in [0.2, 0.25) is 0 Å². The summed E-state index contributed by atoms with van der Waals surface area (Å²) in [4.78, 5) is 20.5. The van der Waals surface area contributed by atoms with Gasteiger partial charge in [-0.25, -0.2) is 4.98 Å². The molecule has 2 N–H and O–H groups in total. The molecule has 6 nitrogen and oxygen atoms in total. The van der Waals surface area contributed by atoms with E-state index in [0.717, 1.165) is 48.0 Å². The molecule has 0 aliphatic heterocycles. The first-order valence-electron chi connectivity index (χ1n) is 10.4. The average Bonchev–Trinajstić information content (AvgIpc) is 3.20. The van der Waals surface area contributed by atoms with Gasteiger partial charge in [-0.1, -0.05) is 19.9 Å². The molecular formula is C23H30N4O2S. The van der Waals surface area contributed by atoms with E-state index in [9.17, 15) is 9.90 Å². The van der Waals surface area contributed by atoms with Crippen molar-refractivity contribution in [3.8, 4) is 0 Å². The Bertz CT molecular complexity index is 905. The lowest BCUT2D eigenvalue weighted by atomic mass is 10.1. The number of imidazole rings is 1. The molecule has 0 spiro atoms. The van der Waals surface area contributed by atoms with Crippen molar-refractivity contribution < 1.29 is 9.90 Å². The predicted molar refractivity (Wildman–Crippen MR) is 122 cm³/mol. The fourth-order valence-electron chi connectivity index (χ4n) is 3.27. The third-order valence-electron chi connectivity index (χ3n) is 5.16. The predicted octanol–water partition coefficient (Wildman–Crippen LogP) is 3.45. The van der Waals surface area contributed by atoms with Crippen molar-refractivity contribution in [3.63, 3.8) is 0 Å². The van der Waals surface area contributed by atoms with Gasteiger partial charge in [-0.3, -0.25) is 4.79 Å². The molecule has 2 heterocycles. The van der Waals surface area contributed by atoms with Crippen LogP contribution in [0.15, 0.2) is 59.8 Å². The Kier molecular flexibility index (Phi) is 8.30. The van der Waals surface area contributed by atoms with Gasteiger partial charge in [-0.05, 0) is 55.9 Å². The number of aliphatic hydroxyl groups excluding tert-OH is 1. The van der Waals surface area contributed by atoms with E-state index in [-0.39, 0.29) is 18.6 Å². The molecule has 3 aromatic rings. The Balaban J connectivity index is 1.51. The second kappa shape index (κ2) is 11.2. The van der Waals surface area contributed by atoms with Crippen LogP contribution >= 0.6 is 11.8 Å². The number of aliphatic hydroxyl groups is 1. The fourth-order valence-corrected chi connectivity index (χ4v) is 4.05. The van der Waals surface area contributed by atoms with Crippen LogP contribution < -0.4 is 5.32 Å². The number of nitrogens with zero attached hydrogens (tertiary/aromatic N) is 3. The molecule has 1 atom stereocenters. The van der Waals surface area contributed by atoms with E-state index in [1.807, 2.05) is 59.3 Å². The second-order valence-electron chi connectivity index (χ2n) is 7.18. The lowest BCUT2D eigenvalue weighted by Crippen LogP contribution is -2.40. The smallest absolute Gasteiger partial charge is 0.251 e. The zero-order valence-corrected chi connectivity index (χ0v) is 18.4. The third kappa shape index (κ3) is 6.08. The number of amides is 1. The molecule has 7 heteroatoms. The fraction of sp³-hybridized carbons (Fsp3) is 0.391. The maximum atomic E-state index is 12.5. The first-order chi connectivity index (χ1) is 14.6. The third-order valence-corrected chi connectivity index (χ3v) is 6.21. The van der Waals surface area contributed by atoms with Gasteiger partial charge in [0.25, 0.3) is 5.91 Å². The molecule has 2 aromatic heterocycles. The highest BCUT2D eigenvalue weighted by Crippen LogP contribution is 2.23. The lowest BCUT2D eigenvalue weighted by molar-refractivity contribution is 0.0908. The largest absolute Gasteiger partial charge is 0.394 e. The summed E-state index contributed by atoms with van der Waals surface area (Å²) in [7, 11) is 0. The number of pyridine rings is 1. The van der Waals surface area contributed by atoms with Crippen LogP contribution in [0.4, 0.5) is 0 Å². The molecule has 0 saturated heterocycles. The molecule has 1 aromatic carbocycles. The number of hydrogen-bond donors (Lipinski definition) is 2. The van der Waals surface area contributed by atoms with Crippen molar-refractivity contribution in [2.45, 2.75) is 37.0 Å². The van der Waals surface area contributed by atoms with Crippen LogP contribution in [-0.2, 0) is 5.75 Å². The molecule has 160 valence electrons. The summed E-state index contributed by atoms with van der Waals surface area (Å²) in [5, 5.41) is 12.6. The van der Waals surface area contributed by atoms with Gasteiger partial charge in [-0.15, -0.1) is 11.8 Å². The van der Waals surface area contributed by atoms with Crippen LogP contribution in [-0.4, -0.2) is 57.6 Å². The highest BCUT2D eigenvalue weighted by molar-refractivity contribution is 7.98. The minimum Gasteiger partial charge on any atom is -0.394 e. The SMILES string of the molecule is CCN(CC)CCC(CO)NC(=O)c1ccc(SCc2cn3ccccc3n2)cc1. The molecule has 0 aliphatic carbocycles. The van der Waals surface area contributed by atoms with Crippen molar-refractivity contribution in [2.75, 3.05) is 26.2 Å². The van der Waals surface area contributed by atoms with Crippen LogP contribution in [0, 0.1) is 0 Å². The first kappa shape index (κ1) is 22.3. The van der Waals surface area contributed by atoms with Gasteiger partial charge in [0.1, 0.15) is 5.65 Å². The normalized spacial score (nSPS) is 12.4. The summed E-state index contributed by atoms with van der Waals surface area (Å²) in [6.07, 6.45) is 4.76. The molecule has 0 saturated carbocycles. The van der Waals surface area contributed by atoms with Gasteiger partial charge >= 0.3 is 0 Å². The van der Waals surface area contributed by atoms with Crippen LogP contribution in [0.2, 0.25) is 0 Å². The van der Waals surface area contributed by atoms with Crippen LogP contribution in [0.25, 0.3) is 5.65 Å². The van der Waals surface area contributed by atoms with E-state index in [4.69, 9.17) is 0 Å². The zero-order chi connectivity index (χ0) is 21.3. The Hall–Kier alpha value is -2.35. The number of benzene rings is 1. The number of thioether (sulfide) groups is 1. The maximum absolute atomic E-state index is 12.5. The Labute approximate surface area is 182 Å². The summed E-state index contributed by atoms with van der Waals surface area (Å²) >= 11 is 1.69. The summed E-state index contributed by atoms with van der Waals surface area (Å²) in [6, 6.07) is 13.3. The molecule has 0 aliphatic rings. The quantitative estimate of drug-likeness (QED) is 0.460. The molecule has 3 rings (SSSR count). The van der Waals surface area contributed by atoms with Crippen molar-refractivity contribution in [1.29, 1.82) is 0 Å². The topological polar surface area (TPSA) is 69.9 Å². The number of fused-ring (bicyclic) bond motifs is 1. The van der Waals surface area contributed by atoms with Crippen LogP contribution in [0.1, 0.15) is 36.3 Å². The summed E-state index contributed by atoms with van der Waals surface area (Å²) < 4.78 is 2.02. The van der Waals surface area contributed by atoms with E-state index in [0.29, 0.717) is 5.56 Å². The second-order valence-corrected chi connectivity index (χ2v) is 8.23. The highest BCUT2D eigenvalue weighted by Gasteiger charge is 2.14. The van der Waals surface area contributed by atoms with E-state index >= 15 is 0 Å². The molecule has 0 radical (unpaired) electrons. The lowest BCUT2D eigenvalue weighted by Gasteiger charge is -2.22. The van der Waals surface area contributed by atoms with E-state index in [1.54, 1.807) is 11.8 Å². The van der Waals surface area contributed by atoms with Crippen molar-refractivity contribution in [3.05, 3.63) is 66.1 Å². The molecule has 1 unspecified atom stereocenters. The Morgan fingerprint density at radius 2 is 1.97 bits per heavy atom. The summed E-state index contributed by atoms with van der Waals surface area (Å²) in [6.45, 7) is 6.97.